The zero-order chi connectivity index (χ0) is 24.0. The first-order chi connectivity index (χ1) is 16.4. The maximum atomic E-state index is 13.4. The molecule has 4 aromatic rings. The summed E-state index contributed by atoms with van der Waals surface area (Å²) in [6, 6.07) is 16.0. The first kappa shape index (κ1) is 22.1. The smallest absolute Gasteiger partial charge is 0.301 e. The van der Waals surface area contributed by atoms with Gasteiger partial charge in [0.1, 0.15) is 17.3 Å². The number of rotatable bonds is 4. The fourth-order valence-electron chi connectivity index (χ4n) is 3.88. The number of amides is 1. The fraction of sp³-hybridized carbons (Fsp3) is 0.0800. The van der Waals surface area contributed by atoms with Crippen molar-refractivity contribution in [1.82, 2.24) is 4.98 Å². The number of hydrogen-bond donors (Lipinski definition) is 1. The van der Waals surface area contributed by atoms with Gasteiger partial charge in [-0.25, -0.2) is 9.37 Å². The van der Waals surface area contributed by atoms with E-state index in [2.05, 4.69) is 4.98 Å². The summed E-state index contributed by atoms with van der Waals surface area (Å²) in [6.07, 6.45) is 0. The second kappa shape index (κ2) is 8.55. The largest absolute Gasteiger partial charge is 0.507 e. The number of ketones is 1. The summed E-state index contributed by atoms with van der Waals surface area (Å²) in [7, 11) is 1.55. The second-order valence-corrected chi connectivity index (χ2v) is 9.00. The Labute approximate surface area is 202 Å². The number of thiazole rings is 1. The summed E-state index contributed by atoms with van der Waals surface area (Å²) in [5.74, 6) is -1.94. The summed E-state index contributed by atoms with van der Waals surface area (Å²) < 4.78 is 19.5. The first-order valence-electron chi connectivity index (χ1n) is 10.1. The van der Waals surface area contributed by atoms with Gasteiger partial charge in [-0.3, -0.25) is 14.5 Å². The van der Waals surface area contributed by atoms with Crippen LogP contribution in [-0.4, -0.2) is 28.9 Å². The molecule has 5 rings (SSSR count). The van der Waals surface area contributed by atoms with E-state index in [4.69, 9.17) is 16.3 Å². The lowest BCUT2D eigenvalue weighted by atomic mass is 9.95. The van der Waals surface area contributed by atoms with Crippen molar-refractivity contribution < 1.29 is 23.8 Å². The number of carbonyl (C=O) groups is 2. The molecule has 1 amide bonds. The van der Waals surface area contributed by atoms with Crippen LogP contribution in [0.25, 0.3) is 16.0 Å². The van der Waals surface area contributed by atoms with Crippen LogP contribution in [0.3, 0.4) is 0 Å². The first-order valence-corrected chi connectivity index (χ1v) is 11.3. The molecule has 0 spiro atoms. The number of aromatic nitrogens is 1. The van der Waals surface area contributed by atoms with Crippen molar-refractivity contribution in [3.8, 4) is 5.75 Å². The summed E-state index contributed by atoms with van der Waals surface area (Å²) in [5, 5.41) is 11.8. The van der Waals surface area contributed by atoms with Gasteiger partial charge >= 0.3 is 5.91 Å². The third kappa shape index (κ3) is 3.70. The van der Waals surface area contributed by atoms with E-state index in [1.165, 1.54) is 40.5 Å². The number of hydrogen-bond acceptors (Lipinski definition) is 6. The van der Waals surface area contributed by atoms with Crippen molar-refractivity contribution in [3.63, 3.8) is 0 Å². The molecule has 170 valence electrons. The van der Waals surface area contributed by atoms with Crippen LogP contribution >= 0.6 is 22.9 Å². The molecule has 1 aromatic heterocycles. The molecule has 0 unspecified atom stereocenters. The number of fused-ring (bicyclic) bond motifs is 1. The van der Waals surface area contributed by atoms with Crippen LogP contribution in [-0.2, 0) is 9.59 Å². The Morgan fingerprint density at radius 1 is 1.09 bits per heavy atom. The minimum absolute atomic E-state index is 0.115. The maximum Gasteiger partial charge on any atom is 0.301 e. The third-order valence-electron chi connectivity index (χ3n) is 5.54. The number of anilines is 1. The highest BCUT2D eigenvalue weighted by Gasteiger charge is 2.48. The Balaban J connectivity index is 1.71. The van der Waals surface area contributed by atoms with Crippen molar-refractivity contribution in [2.24, 2.45) is 0 Å². The minimum atomic E-state index is -0.954. The molecule has 6 nitrogen and oxygen atoms in total. The van der Waals surface area contributed by atoms with Gasteiger partial charge < -0.3 is 9.84 Å². The molecule has 0 saturated carbocycles. The van der Waals surface area contributed by atoms with Crippen molar-refractivity contribution in [1.29, 1.82) is 0 Å². The number of halogens is 2. The van der Waals surface area contributed by atoms with Crippen LogP contribution in [0, 0.1) is 5.82 Å². The van der Waals surface area contributed by atoms with Crippen LogP contribution in [0.15, 0.2) is 72.3 Å². The molecule has 34 heavy (non-hydrogen) atoms. The predicted octanol–water partition coefficient (Wildman–Crippen LogP) is 5.72. The topological polar surface area (TPSA) is 79.7 Å². The fourth-order valence-corrected chi connectivity index (χ4v) is 5.02. The van der Waals surface area contributed by atoms with E-state index in [1.807, 2.05) is 0 Å². The van der Waals surface area contributed by atoms with Crippen LogP contribution in [0.1, 0.15) is 17.2 Å². The second-order valence-electron chi connectivity index (χ2n) is 7.56. The van der Waals surface area contributed by atoms with E-state index < -0.39 is 29.3 Å². The molecule has 1 saturated heterocycles. The van der Waals surface area contributed by atoms with E-state index in [0.29, 0.717) is 27.0 Å². The zero-order valence-electron chi connectivity index (χ0n) is 17.7. The number of aliphatic hydroxyl groups excluding tert-OH is 1. The number of methoxy groups -OCH3 is 1. The van der Waals surface area contributed by atoms with Crippen LogP contribution in [0.4, 0.5) is 9.52 Å². The lowest BCUT2D eigenvalue weighted by Crippen LogP contribution is -2.29. The van der Waals surface area contributed by atoms with Gasteiger partial charge in [-0.15, -0.1) is 0 Å². The Kier molecular flexibility index (Phi) is 5.55. The SMILES string of the molecule is COc1ccc2nc(N3C(=O)C(=O)C(=C(O)c4ccc(F)cc4)[C@H]3c3ccc(Cl)cc3)sc2c1. The highest BCUT2D eigenvalue weighted by atomic mass is 35.5. The van der Waals surface area contributed by atoms with Gasteiger partial charge in [-0.1, -0.05) is 35.1 Å². The van der Waals surface area contributed by atoms with E-state index in [-0.39, 0.29) is 11.1 Å². The molecule has 1 fully saturated rings. The van der Waals surface area contributed by atoms with Crippen molar-refractivity contribution in [2.45, 2.75) is 6.04 Å². The van der Waals surface area contributed by atoms with Gasteiger partial charge in [0.25, 0.3) is 5.78 Å². The monoisotopic (exact) mass is 494 g/mol. The third-order valence-corrected chi connectivity index (χ3v) is 6.81. The minimum Gasteiger partial charge on any atom is -0.507 e. The summed E-state index contributed by atoms with van der Waals surface area (Å²) in [6.45, 7) is 0. The van der Waals surface area contributed by atoms with E-state index in [0.717, 1.165) is 4.70 Å². The van der Waals surface area contributed by atoms with Gasteiger partial charge in [0, 0.05) is 10.6 Å². The molecule has 3 aromatic carbocycles. The molecule has 0 bridgehead atoms. The molecule has 1 atom stereocenters. The maximum absolute atomic E-state index is 13.4. The lowest BCUT2D eigenvalue weighted by molar-refractivity contribution is -0.132. The number of benzene rings is 3. The molecular formula is C25H16ClFN2O4S. The van der Waals surface area contributed by atoms with Crippen LogP contribution < -0.4 is 9.64 Å². The number of ether oxygens (including phenoxy) is 1. The van der Waals surface area contributed by atoms with Crippen LogP contribution in [0.5, 0.6) is 5.75 Å². The number of aliphatic hydroxyl groups is 1. The van der Waals surface area contributed by atoms with Crippen molar-refractivity contribution in [2.75, 3.05) is 12.0 Å². The van der Waals surface area contributed by atoms with Crippen LogP contribution in [0.2, 0.25) is 5.02 Å². The number of carbonyl (C=O) groups excluding carboxylic acids is 2. The Bertz CT molecular complexity index is 1460. The summed E-state index contributed by atoms with van der Waals surface area (Å²) in [5.41, 5.74) is 1.29. The molecule has 1 aliphatic heterocycles. The average molecular weight is 495 g/mol. The van der Waals surface area contributed by atoms with Gasteiger partial charge in [0.05, 0.1) is 28.9 Å². The molecule has 0 aliphatic carbocycles. The Morgan fingerprint density at radius 2 is 1.79 bits per heavy atom. The van der Waals surface area contributed by atoms with E-state index >= 15 is 0 Å². The molecule has 9 heteroatoms. The van der Waals surface area contributed by atoms with E-state index in [9.17, 15) is 19.1 Å². The molecule has 0 radical (unpaired) electrons. The summed E-state index contributed by atoms with van der Waals surface area (Å²) >= 11 is 7.28. The molecule has 2 heterocycles. The van der Waals surface area contributed by atoms with Gasteiger partial charge in [-0.2, -0.15) is 0 Å². The van der Waals surface area contributed by atoms with Gasteiger partial charge in [0.2, 0.25) is 0 Å². The normalized spacial score (nSPS) is 17.5. The lowest BCUT2D eigenvalue weighted by Gasteiger charge is -2.23. The predicted molar refractivity (Wildman–Crippen MR) is 129 cm³/mol. The highest BCUT2D eigenvalue weighted by Crippen LogP contribution is 2.44. The molecule has 1 N–H and O–H groups in total. The Hall–Kier alpha value is -3.75. The standard InChI is InChI=1S/C25H16ClFN2O4S/c1-33-17-10-11-18-19(12-17)34-25(28-18)29-21(13-2-6-15(26)7-3-13)20(23(31)24(29)32)22(30)14-4-8-16(27)9-5-14/h2-12,21,30H,1H3/t21-/m1/s1. The molecule has 1 aliphatic rings. The zero-order valence-corrected chi connectivity index (χ0v) is 19.2. The van der Waals surface area contributed by atoms with Gasteiger partial charge in [0.15, 0.2) is 5.13 Å². The van der Waals surface area contributed by atoms with E-state index in [1.54, 1.807) is 49.6 Å². The van der Waals surface area contributed by atoms with Crippen molar-refractivity contribution >= 4 is 55.7 Å². The quantitative estimate of drug-likeness (QED) is 0.223. The Morgan fingerprint density at radius 3 is 2.47 bits per heavy atom. The van der Waals surface area contributed by atoms with Gasteiger partial charge in [-0.05, 0) is 60.2 Å². The molecular weight excluding hydrogens is 479 g/mol. The number of Topliss-reactive ketones (excluding diaryl/α,β-unsaturated/α-hetero) is 1. The highest BCUT2D eigenvalue weighted by molar-refractivity contribution is 7.22. The number of nitrogens with zero attached hydrogens (tertiary/aromatic N) is 2. The van der Waals surface area contributed by atoms with Crippen molar-refractivity contribution in [3.05, 3.63) is 94.3 Å². The summed E-state index contributed by atoms with van der Waals surface area (Å²) in [4.78, 5) is 32.3. The average Bonchev–Trinajstić information content (AvgIpc) is 3.37.